The van der Waals surface area contributed by atoms with Crippen LogP contribution in [0.25, 0.3) is 0 Å². The van der Waals surface area contributed by atoms with Crippen molar-refractivity contribution in [1.82, 2.24) is 14.2 Å². The molecule has 1 aromatic heterocycles. The van der Waals surface area contributed by atoms with Crippen LogP contribution in [0.15, 0.2) is 53.7 Å². The molecule has 36 heavy (non-hydrogen) atoms. The quantitative estimate of drug-likeness (QED) is 0.555. The number of aromatic nitrogens is 1. The highest BCUT2D eigenvalue weighted by Crippen LogP contribution is 2.38. The second-order valence-corrected chi connectivity index (χ2v) is 12.8. The van der Waals surface area contributed by atoms with Crippen LogP contribution in [0.4, 0.5) is 5.69 Å². The summed E-state index contributed by atoms with van der Waals surface area (Å²) >= 11 is 5.88. The number of nitrogens with zero attached hydrogens (tertiary/aromatic N) is 4. The minimum Gasteiger partial charge on any atom is -0.371 e. The largest absolute Gasteiger partial charge is 0.371 e. The molecule has 5 rings (SSSR count). The number of ether oxygens (including phenoxy) is 1. The molecule has 3 aliphatic heterocycles. The topological polar surface area (TPSA) is 137 Å². The molecule has 0 bridgehead atoms. The average molecular weight is 559 g/mol. The van der Waals surface area contributed by atoms with Gasteiger partial charge in [0.1, 0.15) is 6.23 Å². The lowest BCUT2D eigenvalue weighted by atomic mass is 9.91. The first-order valence-electron chi connectivity index (χ1n) is 11.2. The van der Waals surface area contributed by atoms with E-state index in [0.717, 1.165) is 31.6 Å². The number of amides is 1. The number of sulfonamides is 1. The Morgan fingerprint density at radius 1 is 1.06 bits per heavy atom. The number of hydrogen-bond donors (Lipinski definition) is 1. The van der Waals surface area contributed by atoms with Crippen molar-refractivity contribution >= 4 is 43.3 Å². The predicted molar refractivity (Wildman–Crippen MR) is 133 cm³/mol. The second kappa shape index (κ2) is 10.2. The number of fused-ring (bicyclic) bond motifs is 1. The standard InChI is InChI=1S/C21H23ClN4O4S.CH4O3S/c22-16-1-3-18(4-2-16)31(28,29)25-13-19(27)26-15-21(30-20(26)14-25)7-11-24(12-8-21)17-5-9-23-10-6-17;1-5(2,3)4/h1-6,9-10,20H,7-8,11-15H2;1H3,(H,2,3,4). The van der Waals surface area contributed by atoms with Gasteiger partial charge in [-0.1, -0.05) is 11.6 Å². The van der Waals surface area contributed by atoms with Gasteiger partial charge in [0.15, 0.2) is 0 Å². The fourth-order valence-electron chi connectivity index (χ4n) is 4.61. The highest BCUT2D eigenvalue weighted by atomic mass is 35.5. The fraction of sp³-hybridized carbons (Fsp3) is 0.455. The maximum Gasteiger partial charge on any atom is 0.261 e. The summed E-state index contributed by atoms with van der Waals surface area (Å²) in [5, 5.41) is 0.457. The molecule has 3 fully saturated rings. The van der Waals surface area contributed by atoms with E-state index in [0.29, 0.717) is 17.8 Å². The van der Waals surface area contributed by atoms with Crippen LogP contribution in [-0.2, 0) is 29.7 Å². The molecule has 3 aliphatic rings. The Bertz CT molecular complexity index is 1290. The van der Waals surface area contributed by atoms with Crippen molar-refractivity contribution in [3.8, 4) is 0 Å². The van der Waals surface area contributed by atoms with Crippen molar-refractivity contribution in [1.29, 1.82) is 0 Å². The van der Waals surface area contributed by atoms with Crippen LogP contribution >= 0.6 is 11.6 Å². The van der Waals surface area contributed by atoms with Gasteiger partial charge in [-0.2, -0.15) is 12.7 Å². The van der Waals surface area contributed by atoms with Gasteiger partial charge < -0.3 is 14.5 Å². The Labute approximate surface area is 215 Å². The third-order valence-corrected chi connectivity index (χ3v) is 8.42. The predicted octanol–water partition coefficient (Wildman–Crippen LogP) is 1.47. The molecule has 2 aromatic rings. The zero-order chi connectivity index (χ0) is 26.1. The van der Waals surface area contributed by atoms with Crippen molar-refractivity contribution in [2.75, 3.05) is 43.9 Å². The van der Waals surface area contributed by atoms with E-state index in [2.05, 4.69) is 9.88 Å². The van der Waals surface area contributed by atoms with Gasteiger partial charge in [0, 0.05) is 36.2 Å². The SMILES string of the molecule is CS(=O)(=O)O.O=C1CN(S(=O)(=O)c2ccc(Cl)cc2)CC2OC3(CCN(c4ccncc4)CC3)CN12. The molecule has 1 unspecified atom stereocenters. The van der Waals surface area contributed by atoms with Crippen molar-refractivity contribution in [2.24, 2.45) is 0 Å². The summed E-state index contributed by atoms with van der Waals surface area (Å²) in [5.74, 6) is -0.220. The van der Waals surface area contributed by atoms with Crippen LogP contribution in [0.1, 0.15) is 12.8 Å². The molecule has 3 saturated heterocycles. The Hall–Kier alpha value is -2.29. The number of halogens is 1. The highest BCUT2D eigenvalue weighted by molar-refractivity contribution is 7.89. The zero-order valence-corrected chi connectivity index (χ0v) is 21.9. The van der Waals surface area contributed by atoms with Crippen molar-refractivity contribution in [2.45, 2.75) is 29.6 Å². The number of pyridine rings is 1. The van der Waals surface area contributed by atoms with Gasteiger partial charge in [-0.05, 0) is 49.2 Å². The smallest absolute Gasteiger partial charge is 0.261 e. The molecule has 11 nitrogen and oxygen atoms in total. The number of hydrogen-bond acceptors (Lipinski definition) is 8. The van der Waals surface area contributed by atoms with E-state index in [1.807, 2.05) is 12.1 Å². The molecule has 1 N–H and O–H groups in total. The number of rotatable bonds is 3. The highest BCUT2D eigenvalue weighted by Gasteiger charge is 2.52. The summed E-state index contributed by atoms with van der Waals surface area (Å²) in [5.41, 5.74) is 0.695. The Morgan fingerprint density at radius 2 is 1.64 bits per heavy atom. The van der Waals surface area contributed by atoms with E-state index < -0.39 is 32.0 Å². The number of carbonyl (C=O) groups excluding carboxylic acids is 1. The maximum atomic E-state index is 13.0. The summed E-state index contributed by atoms with van der Waals surface area (Å²) < 4.78 is 59.5. The molecule has 196 valence electrons. The lowest BCUT2D eigenvalue weighted by molar-refractivity contribution is -0.144. The molecule has 0 saturated carbocycles. The first kappa shape index (κ1) is 26.8. The van der Waals surface area contributed by atoms with Crippen molar-refractivity contribution in [3.63, 3.8) is 0 Å². The Morgan fingerprint density at radius 3 is 2.22 bits per heavy atom. The van der Waals surface area contributed by atoms with Crippen LogP contribution < -0.4 is 4.90 Å². The average Bonchev–Trinajstić information content (AvgIpc) is 3.18. The van der Waals surface area contributed by atoms with Crippen LogP contribution in [0, 0.1) is 0 Å². The minimum absolute atomic E-state index is 0.122. The molecule has 0 radical (unpaired) electrons. The van der Waals surface area contributed by atoms with Gasteiger partial charge in [0.2, 0.25) is 15.9 Å². The number of carbonyl (C=O) groups is 1. The molecular weight excluding hydrogens is 532 g/mol. The summed E-state index contributed by atoms with van der Waals surface area (Å²) in [6.45, 7) is 2.09. The van der Waals surface area contributed by atoms with Crippen LogP contribution in [-0.4, -0.2) is 92.3 Å². The first-order chi connectivity index (χ1) is 16.9. The first-order valence-corrected chi connectivity index (χ1v) is 14.8. The van der Waals surface area contributed by atoms with E-state index in [1.54, 1.807) is 17.3 Å². The van der Waals surface area contributed by atoms with Gasteiger partial charge in [-0.25, -0.2) is 8.42 Å². The molecule has 1 amide bonds. The van der Waals surface area contributed by atoms with E-state index in [9.17, 15) is 21.6 Å². The monoisotopic (exact) mass is 558 g/mol. The van der Waals surface area contributed by atoms with Crippen molar-refractivity contribution in [3.05, 3.63) is 53.8 Å². The van der Waals surface area contributed by atoms with Gasteiger partial charge in [-0.15, -0.1) is 0 Å². The molecule has 1 atom stereocenters. The van der Waals surface area contributed by atoms with Crippen LogP contribution in [0.3, 0.4) is 0 Å². The summed E-state index contributed by atoms with van der Waals surface area (Å²) in [4.78, 5) is 21.0. The number of benzene rings is 1. The van der Waals surface area contributed by atoms with Crippen LogP contribution in [0.5, 0.6) is 0 Å². The Balaban J connectivity index is 0.000000556. The molecule has 0 aliphatic carbocycles. The van der Waals surface area contributed by atoms with Crippen molar-refractivity contribution < 1.29 is 30.9 Å². The number of piperazine rings is 1. The Kier molecular flexibility index (Phi) is 7.60. The van der Waals surface area contributed by atoms with E-state index in [1.165, 1.54) is 28.6 Å². The lowest BCUT2D eigenvalue weighted by Crippen LogP contribution is -2.55. The summed E-state index contributed by atoms with van der Waals surface area (Å²) in [6, 6.07) is 9.95. The minimum atomic E-state index is -3.80. The summed E-state index contributed by atoms with van der Waals surface area (Å²) in [6.07, 6.45) is 5.27. The second-order valence-electron chi connectivity index (χ2n) is 8.95. The van der Waals surface area contributed by atoms with Crippen LogP contribution in [0.2, 0.25) is 5.02 Å². The molecule has 1 aromatic carbocycles. The maximum absolute atomic E-state index is 13.0. The van der Waals surface area contributed by atoms with Gasteiger partial charge >= 0.3 is 0 Å². The van der Waals surface area contributed by atoms with E-state index >= 15 is 0 Å². The normalized spacial score (nSPS) is 22.2. The lowest BCUT2D eigenvalue weighted by Gasteiger charge is -2.39. The zero-order valence-electron chi connectivity index (χ0n) is 19.5. The van der Waals surface area contributed by atoms with Gasteiger partial charge in [0.05, 0.1) is 36.4 Å². The van der Waals surface area contributed by atoms with Gasteiger partial charge in [0.25, 0.3) is 10.1 Å². The summed E-state index contributed by atoms with van der Waals surface area (Å²) in [7, 11) is -7.47. The van der Waals surface area contributed by atoms with E-state index in [-0.39, 0.29) is 23.9 Å². The van der Waals surface area contributed by atoms with E-state index in [4.69, 9.17) is 20.9 Å². The fourth-order valence-corrected chi connectivity index (χ4v) is 6.12. The third kappa shape index (κ3) is 6.15. The molecule has 14 heteroatoms. The molecular formula is C22H27ClN4O7S2. The number of anilines is 1. The third-order valence-electron chi connectivity index (χ3n) is 6.34. The number of piperidine rings is 1. The van der Waals surface area contributed by atoms with Gasteiger partial charge in [-0.3, -0.25) is 14.3 Å². The molecule has 4 heterocycles. The molecule has 1 spiro atoms.